The molecule has 1 heterocycles. The minimum Gasteiger partial charge on any atom is -0.268 e. The number of aromatic amines is 1. The van der Waals surface area contributed by atoms with Crippen LogP contribution in [0.1, 0.15) is 33.4 Å². The zero-order valence-corrected chi connectivity index (χ0v) is 10.7. The molecule has 0 fully saturated rings. The van der Waals surface area contributed by atoms with Gasteiger partial charge >= 0.3 is 0 Å². The number of H-pyrrole nitrogens is 1. The van der Waals surface area contributed by atoms with Crippen molar-refractivity contribution in [3.05, 3.63) is 52.0 Å². The largest absolute Gasteiger partial charge is 0.268 e. The van der Waals surface area contributed by atoms with Crippen molar-refractivity contribution in [2.75, 3.05) is 0 Å². The Bertz CT molecular complexity index is 478. The first-order valence-corrected chi connectivity index (χ1v) is 5.63. The Labute approximate surface area is 102 Å². The highest BCUT2D eigenvalue weighted by Gasteiger charge is 1.87. The summed E-state index contributed by atoms with van der Waals surface area (Å²) in [6, 6.07) is 3.00. The molecular formula is C14H18N2O. The van der Waals surface area contributed by atoms with Gasteiger partial charge in [-0.2, -0.15) is 5.10 Å². The van der Waals surface area contributed by atoms with E-state index in [2.05, 4.69) is 22.0 Å². The van der Waals surface area contributed by atoms with Crippen molar-refractivity contribution < 1.29 is 0 Å². The van der Waals surface area contributed by atoms with Gasteiger partial charge in [-0.1, -0.05) is 38.0 Å². The van der Waals surface area contributed by atoms with Crippen molar-refractivity contribution in [3.63, 3.8) is 0 Å². The molecule has 0 aliphatic rings. The first kappa shape index (κ1) is 14.9. The van der Waals surface area contributed by atoms with Gasteiger partial charge in [0.1, 0.15) is 5.69 Å². The first-order chi connectivity index (χ1) is 8.26. The van der Waals surface area contributed by atoms with E-state index in [0.717, 1.165) is 5.57 Å². The van der Waals surface area contributed by atoms with Crippen LogP contribution in [0, 0.1) is 11.8 Å². The second kappa shape index (κ2) is 9.17. The fourth-order valence-electron chi connectivity index (χ4n) is 0.940. The van der Waals surface area contributed by atoms with E-state index in [4.69, 9.17) is 0 Å². The van der Waals surface area contributed by atoms with Crippen LogP contribution in [0.3, 0.4) is 0 Å². The normalized spacial score (nSPS) is 10.2. The highest BCUT2D eigenvalue weighted by Crippen LogP contribution is 1.95. The molecule has 0 spiro atoms. The minimum absolute atomic E-state index is 0.222. The van der Waals surface area contributed by atoms with E-state index in [9.17, 15) is 4.79 Å². The van der Waals surface area contributed by atoms with Gasteiger partial charge in [0.2, 0.25) is 0 Å². The van der Waals surface area contributed by atoms with E-state index in [1.807, 2.05) is 45.9 Å². The Morgan fingerprint density at radius 2 is 2.06 bits per heavy atom. The van der Waals surface area contributed by atoms with Crippen molar-refractivity contribution in [2.24, 2.45) is 0 Å². The van der Waals surface area contributed by atoms with Crippen molar-refractivity contribution in [1.29, 1.82) is 0 Å². The van der Waals surface area contributed by atoms with Crippen molar-refractivity contribution in [3.8, 4) is 11.8 Å². The van der Waals surface area contributed by atoms with E-state index >= 15 is 0 Å². The third-order valence-corrected chi connectivity index (χ3v) is 1.67. The quantitative estimate of drug-likeness (QED) is 0.595. The molecule has 0 saturated carbocycles. The van der Waals surface area contributed by atoms with Crippen molar-refractivity contribution in [2.45, 2.75) is 27.7 Å². The zero-order valence-electron chi connectivity index (χ0n) is 10.7. The Morgan fingerprint density at radius 1 is 1.35 bits per heavy atom. The lowest BCUT2D eigenvalue weighted by Gasteiger charge is -1.87. The molecule has 0 amide bonds. The average molecular weight is 230 g/mol. The van der Waals surface area contributed by atoms with Crippen LogP contribution < -0.4 is 5.56 Å². The van der Waals surface area contributed by atoms with Crippen LogP contribution >= 0.6 is 0 Å². The van der Waals surface area contributed by atoms with Gasteiger partial charge in [-0.05, 0) is 25.8 Å². The highest BCUT2D eigenvalue weighted by atomic mass is 16.1. The molecule has 1 rings (SSSR count). The molecule has 1 N–H and O–H groups in total. The highest BCUT2D eigenvalue weighted by molar-refractivity contribution is 5.42. The molecule has 0 aliphatic heterocycles. The second-order valence-corrected chi connectivity index (χ2v) is 2.80. The summed E-state index contributed by atoms with van der Waals surface area (Å²) >= 11 is 0. The summed E-state index contributed by atoms with van der Waals surface area (Å²) in [5.41, 5.74) is 1.25. The number of nitrogens with one attached hydrogen (secondary N) is 1. The molecule has 3 heteroatoms. The van der Waals surface area contributed by atoms with Gasteiger partial charge in [0, 0.05) is 11.6 Å². The van der Waals surface area contributed by atoms with Gasteiger partial charge in [-0.25, -0.2) is 5.10 Å². The Balaban J connectivity index is 0.00000121. The summed E-state index contributed by atoms with van der Waals surface area (Å²) in [5.74, 6) is 5.80. The topological polar surface area (TPSA) is 45.8 Å². The molecule has 0 unspecified atom stereocenters. The second-order valence-electron chi connectivity index (χ2n) is 2.80. The standard InChI is InChI=1S/C12H12N2O.C2H6/c1-3-5-10(4-2)6-7-11-8-9-12(15)14-13-11;1-2/h3-5,8-9H,1-2H3,(H,14,15);1-2H3/b5-3-,10-4+;. The van der Waals surface area contributed by atoms with Crippen LogP contribution in [-0.2, 0) is 0 Å². The van der Waals surface area contributed by atoms with Crippen LogP contribution in [0.4, 0.5) is 0 Å². The maximum atomic E-state index is 10.7. The van der Waals surface area contributed by atoms with Crippen molar-refractivity contribution >= 4 is 0 Å². The maximum absolute atomic E-state index is 10.7. The number of nitrogens with zero attached hydrogens (tertiary/aromatic N) is 1. The van der Waals surface area contributed by atoms with E-state index in [1.54, 1.807) is 6.07 Å². The van der Waals surface area contributed by atoms with Crippen LogP contribution in [0.15, 0.2) is 40.7 Å². The zero-order chi connectivity index (χ0) is 13.1. The fourth-order valence-corrected chi connectivity index (χ4v) is 0.940. The van der Waals surface area contributed by atoms with Crippen LogP contribution in [0.25, 0.3) is 0 Å². The average Bonchev–Trinajstić information content (AvgIpc) is 2.39. The third-order valence-electron chi connectivity index (χ3n) is 1.67. The van der Waals surface area contributed by atoms with E-state index in [0.29, 0.717) is 5.69 Å². The molecule has 1 aromatic rings. The predicted octanol–water partition coefficient (Wildman–Crippen LogP) is 2.67. The summed E-state index contributed by atoms with van der Waals surface area (Å²) in [6.45, 7) is 7.85. The van der Waals surface area contributed by atoms with Crippen LogP contribution in [0.2, 0.25) is 0 Å². The summed E-state index contributed by atoms with van der Waals surface area (Å²) < 4.78 is 0. The van der Waals surface area contributed by atoms with Gasteiger partial charge in [-0.15, -0.1) is 0 Å². The summed E-state index contributed by atoms with van der Waals surface area (Å²) in [7, 11) is 0. The molecule has 3 nitrogen and oxygen atoms in total. The van der Waals surface area contributed by atoms with Crippen LogP contribution in [-0.4, -0.2) is 10.2 Å². The van der Waals surface area contributed by atoms with Crippen LogP contribution in [0.5, 0.6) is 0 Å². The van der Waals surface area contributed by atoms with Gasteiger partial charge in [0.15, 0.2) is 0 Å². The van der Waals surface area contributed by atoms with Gasteiger partial charge in [0.25, 0.3) is 5.56 Å². The summed E-state index contributed by atoms with van der Waals surface area (Å²) in [4.78, 5) is 10.7. The van der Waals surface area contributed by atoms with Gasteiger partial charge in [-0.3, -0.25) is 4.79 Å². The molecule has 90 valence electrons. The van der Waals surface area contributed by atoms with Gasteiger partial charge < -0.3 is 0 Å². The molecule has 0 aliphatic carbocycles. The summed E-state index contributed by atoms with van der Waals surface area (Å²) in [6.07, 6.45) is 5.75. The lowest BCUT2D eigenvalue weighted by Crippen LogP contribution is -2.05. The molecule has 17 heavy (non-hydrogen) atoms. The first-order valence-electron chi connectivity index (χ1n) is 5.63. The number of allylic oxidation sites excluding steroid dienone is 4. The molecule has 1 aromatic heterocycles. The van der Waals surface area contributed by atoms with E-state index < -0.39 is 0 Å². The lowest BCUT2D eigenvalue weighted by atomic mass is 10.2. The smallest absolute Gasteiger partial charge is 0.264 e. The molecule has 0 radical (unpaired) electrons. The molecule has 0 bridgehead atoms. The predicted molar refractivity (Wildman–Crippen MR) is 71.7 cm³/mol. The van der Waals surface area contributed by atoms with E-state index in [1.165, 1.54) is 6.07 Å². The van der Waals surface area contributed by atoms with E-state index in [-0.39, 0.29) is 5.56 Å². The molecule has 0 aromatic carbocycles. The Morgan fingerprint density at radius 3 is 2.53 bits per heavy atom. The van der Waals surface area contributed by atoms with Gasteiger partial charge in [0.05, 0.1) is 0 Å². The number of aromatic nitrogens is 2. The Hall–Kier alpha value is -2.08. The molecular weight excluding hydrogens is 212 g/mol. The fraction of sp³-hybridized carbons (Fsp3) is 0.286. The summed E-state index contributed by atoms with van der Waals surface area (Å²) in [5, 5.41) is 6.11. The Kier molecular flexibility index (Phi) is 8.05. The van der Waals surface area contributed by atoms with Crippen molar-refractivity contribution in [1.82, 2.24) is 10.2 Å². The lowest BCUT2D eigenvalue weighted by molar-refractivity contribution is 0.974. The minimum atomic E-state index is -0.222. The third kappa shape index (κ3) is 6.16. The molecule has 0 saturated heterocycles. The number of hydrogen-bond acceptors (Lipinski definition) is 2. The number of hydrogen-bond donors (Lipinski definition) is 1. The molecule has 0 atom stereocenters. The monoisotopic (exact) mass is 230 g/mol. The number of rotatable bonds is 1. The maximum Gasteiger partial charge on any atom is 0.264 e. The SMILES string of the molecule is C/C=C\C(C#Cc1ccc(=O)[nH]n1)=C/C.CC.